The van der Waals surface area contributed by atoms with Crippen molar-refractivity contribution in [3.05, 3.63) is 52.5 Å². The maximum atomic E-state index is 12.7. The Balaban J connectivity index is 1.72. The van der Waals surface area contributed by atoms with Gasteiger partial charge in [0, 0.05) is 16.1 Å². The van der Waals surface area contributed by atoms with Crippen molar-refractivity contribution in [1.82, 2.24) is 0 Å². The Kier molecular flexibility index (Phi) is 5.76. The molecule has 1 aliphatic rings. The van der Waals surface area contributed by atoms with Gasteiger partial charge in [-0.05, 0) is 71.6 Å². The molecular formula is C19H19BrN2O5S. The van der Waals surface area contributed by atoms with Crippen LogP contribution in [0.15, 0.2) is 51.8 Å². The molecule has 0 spiro atoms. The molecule has 1 saturated carbocycles. The fourth-order valence-corrected chi connectivity index (χ4v) is 4.53. The van der Waals surface area contributed by atoms with E-state index in [1.54, 1.807) is 18.2 Å². The molecule has 0 saturated heterocycles. The molecule has 1 aliphatic carbocycles. The van der Waals surface area contributed by atoms with Gasteiger partial charge in [0.25, 0.3) is 10.0 Å². The Hall–Kier alpha value is -2.39. The smallest absolute Gasteiger partial charge is 0.306 e. The van der Waals surface area contributed by atoms with Crippen molar-refractivity contribution in [2.24, 2.45) is 11.8 Å². The Labute approximate surface area is 171 Å². The first-order valence-electron chi connectivity index (χ1n) is 8.58. The third kappa shape index (κ3) is 4.53. The summed E-state index contributed by atoms with van der Waals surface area (Å²) in [5.41, 5.74) is 1.67. The highest BCUT2D eigenvalue weighted by Crippen LogP contribution is 2.35. The van der Waals surface area contributed by atoms with Crippen molar-refractivity contribution in [2.75, 3.05) is 10.0 Å². The number of halogens is 1. The van der Waals surface area contributed by atoms with Crippen LogP contribution in [-0.4, -0.2) is 25.4 Å². The molecule has 0 bridgehead atoms. The second-order valence-corrected chi connectivity index (χ2v) is 9.35. The van der Waals surface area contributed by atoms with Gasteiger partial charge in [-0.15, -0.1) is 0 Å². The number of carboxylic acid groups (broad SMARTS) is 1. The molecule has 1 amide bonds. The van der Waals surface area contributed by atoms with E-state index in [0.717, 1.165) is 5.56 Å². The van der Waals surface area contributed by atoms with Crippen LogP contribution in [0.2, 0.25) is 0 Å². The zero-order valence-electron chi connectivity index (χ0n) is 15.0. The van der Waals surface area contributed by atoms with Gasteiger partial charge < -0.3 is 10.4 Å². The van der Waals surface area contributed by atoms with Gasteiger partial charge in [0.05, 0.1) is 16.5 Å². The number of hydrogen-bond acceptors (Lipinski definition) is 4. The summed E-state index contributed by atoms with van der Waals surface area (Å²) in [6.07, 6.45) is 0.587. The number of aliphatic carboxylic acids is 1. The zero-order chi connectivity index (χ0) is 20.5. The quantitative estimate of drug-likeness (QED) is 0.601. The van der Waals surface area contributed by atoms with Gasteiger partial charge in [-0.1, -0.05) is 12.1 Å². The predicted octanol–water partition coefficient (Wildman–Crippen LogP) is 3.61. The lowest BCUT2D eigenvalue weighted by atomic mass is 9.74. The molecule has 1 fully saturated rings. The SMILES string of the molecule is Cc1ccc(Br)c(NS(=O)(=O)c2cccc(NC(=O)C3CC(C(=O)O)C3)c2)c1. The number of aryl methyl sites for hydroxylation is 1. The number of carbonyl (C=O) groups is 2. The van der Waals surface area contributed by atoms with Gasteiger partial charge in [0.15, 0.2) is 0 Å². The van der Waals surface area contributed by atoms with Crippen LogP contribution in [-0.2, 0) is 19.6 Å². The normalized spacial score (nSPS) is 18.8. The highest BCUT2D eigenvalue weighted by atomic mass is 79.9. The number of hydrogen-bond donors (Lipinski definition) is 3. The topological polar surface area (TPSA) is 113 Å². The number of nitrogens with one attached hydrogen (secondary N) is 2. The molecule has 148 valence electrons. The molecule has 0 radical (unpaired) electrons. The average Bonchev–Trinajstić information content (AvgIpc) is 2.56. The molecule has 3 rings (SSSR count). The molecule has 7 nitrogen and oxygen atoms in total. The lowest BCUT2D eigenvalue weighted by molar-refractivity contribution is -0.147. The summed E-state index contributed by atoms with van der Waals surface area (Å²) in [7, 11) is -3.85. The van der Waals surface area contributed by atoms with E-state index in [-0.39, 0.29) is 16.7 Å². The minimum absolute atomic E-state index is 0.00993. The van der Waals surface area contributed by atoms with Crippen LogP contribution in [0.25, 0.3) is 0 Å². The van der Waals surface area contributed by atoms with Crippen LogP contribution in [0.4, 0.5) is 11.4 Å². The number of amides is 1. The number of carboxylic acids is 1. The summed E-state index contributed by atoms with van der Waals surface area (Å²) in [5, 5.41) is 11.6. The first-order chi connectivity index (χ1) is 13.2. The maximum absolute atomic E-state index is 12.7. The van der Waals surface area contributed by atoms with Crippen molar-refractivity contribution in [3.8, 4) is 0 Å². The molecule has 0 atom stereocenters. The molecule has 0 aromatic heterocycles. The molecule has 2 aromatic rings. The number of carbonyl (C=O) groups excluding carboxylic acids is 1. The van der Waals surface area contributed by atoms with Crippen molar-refractivity contribution in [2.45, 2.75) is 24.7 Å². The van der Waals surface area contributed by atoms with Gasteiger partial charge in [-0.25, -0.2) is 8.42 Å². The van der Waals surface area contributed by atoms with Crippen molar-refractivity contribution in [1.29, 1.82) is 0 Å². The Morgan fingerprint density at radius 3 is 2.50 bits per heavy atom. The van der Waals surface area contributed by atoms with Crippen LogP contribution < -0.4 is 10.0 Å². The van der Waals surface area contributed by atoms with Gasteiger partial charge in [0.1, 0.15) is 0 Å². The van der Waals surface area contributed by atoms with Gasteiger partial charge in [0.2, 0.25) is 5.91 Å². The van der Waals surface area contributed by atoms with E-state index in [4.69, 9.17) is 5.11 Å². The minimum atomic E-state index is -3.85. The highest BCUT2D eigenvalue weighted by Gasteiger charge is 2.38. The fraction of sp³-hybridized carbons (Fsp3) is 0.263. The van der Waals surface area contributed by atoms with E-state index >= 15 is 0 Å². The number of sulfonamides is 1. The molecule has 0 unspecified atom stereocenters. The highest BCUT2D eigenvalue weighted by molar-refractivity contribution is 9.10. The summed E-state index contributed by atoms with van der Waals surface area (Å²) in [5.74, 6) is -2.06. The predicted molar refractivity (Wildman–Crippen MR) is 109 cm³/mol. The molecule has 9 heteroatoms. The average molecular weight is 467 g/mol. The van der Waals surface area contributed by atoms with E-state index < -0.39 is 21.9 Å². The Morgan fingerprint density at radius 1 is 1.11 bits per heavy atom. The van der Waals surface area contributed by atoms with E-state index in [1.165, 1.54) is 18.2 Å². The first kappa shape index (κ1) is 20.3. The molecule has 3 N–H and O–H groups in total. The summed E-state index contributed by atoms with van der Waals surface area (Å²) in [6, 6.07) is 11.3. The Bertz CT molecular complexity index is 1030. The van der Waals surface area contributed by atoms with Gasteiger partial charge in [-0.2, -0.15) is 0 Å². The van der Waals surface area contributed by atoms with Gasteiger partial charge in [-0.3, -0.25) is 14.3 Å². The molecular weight excluding hydrogens is 448 g/mol. The molecule has 28 heavy (non-hydrogen) atoms. The minimum Gasteiger partial charge on any atom is -0.481 e. The second-order valence-electron chi connectivity index (χ2n) is 6.81. The fourth-order valence-electron chi connectivity index (χ4n) is 2.94. The van der Waals surface area contributed by atoms with Crippen LogP contribution in [0, 0.1) is 18.8 Å². The lowest BCUT2D eigenvalue weighted by Gasteiger charge is -2.30. The molecule has 2 aromatic carbocycles. The molecule has 0 heterocycles. The van der Waals surface area contributed by atoms with E-state index in [9.17, 15) is 18.0 Å². The van der Waals surface area contributed by atoms with Crippen LogP contribution in [0.5, 0.6) is 0 Å². The van der Waals surface area contributed by atoms with E-state index in [1.807, 2.05) is 13.0 Å². The number of rotatable bonds is 6. The van der Waals surface area contributed by atoms with Crippen LogP contribution >= 0.6 is 15.9 Å². The van der Waals surface area contributed by atoms with Crippen molar-refractivity contribution in [3.63, 3.8) is 0 Å². The van der Waals surface area contributed by atoms with Crippen LogP contribution in [0.3, 0.4) is 0 Å². The maximum Gasteiger partial charge on any atom is 0.306 e. The first-order valence-corrected chi connectivity index (χ1v) is 10.9. The summed E-state index contributed by atoms with van der Waals surface area (Å²) in [4.78, 5) is 23.1. The third-order valence-corrected chi connectivity index (χ3v) is 6.69. The second kappa shape index (κ2) is 7.92. The van der Waals surface area contributed by atoms with Crippen molar-refractivity contribution >= 4 is 49.2 Å². The monoisotopic (exact) mass is 466 g/mol. The van der Waals surface area contributed by atoms with E-state index in [2.05, 4.69) is 26.0 Å². The van der Waals surface area contributed by atoms with Gasteiger partial charge >= 0.3 is 5.97 Å². The number of benzene rings is 2. The van der Waals surface area contributed by atoms with Crippen molar-refractivity contribution < 1.29 is 23.1 Å². The molecule has 0 aliphatic heterocycles. The van der Waals surface area contributed by atoms with E-state index in [0.29, 0.717) is 28.7 Å². The van der Waals surface area contributed by atoms with Crippen LogP contribution in [0.1, 0.15) is 18.4 Å². The Morgan fingerprint density at radius 2 is 1.82 bits per heavy atom. The number of anilines is 2. The summed E-state index contributed by atoms with van der Waals surface area (Å²) in [6.45, 7) is 1.86. The largest absolute Gasteiger partial charge is 0.481 e. The summed E-state index contributed by atoms with van der Waals surface area (Å²) < 4.78 is 28.6. The summed E-state index contributed by atoms with van der Waals surface area (Å²) >= 11 is 3.32. The standard InChI is InChI=1S/C19H19BrN2O5S/c1-11-5-6-16(20)17(7-11)22-28(26,27)15-4-2-3-14(10-15)21-18(23)12-8-13(9-12)19(24)25/h2-7,10,12-13,22H,8-9H2,1H3,(H,21,23)(H,24,25). The lowest BCUT2D eigenvalue weighted by Crippen LogP contribution is -2.38. The zero-order valence-corrected chi connectivity index (χ0v) is 17.4. The third-order valence-electron chi connectivity index (χ3n) is 4.64.